The fraction of sp³-hybridized carbons (Fsp3) is 0. The average Bonchev–Trinajstić information content (AvgIpc) is 3.24. The molecule has 2 nitrogen and oxygen atoms in total. The number of hydrogen-bond acceptors (Lipinski definition) is 1. The lowest BCUT2D eigenvalue weighted by molar-refractivity contribution is 0.104. The molecule has 0 spiro atoms. The van der Waals surface area contributed by atoms with Crippen molar-refractivity contribution in [1.82, 2.24) is 4.98 Å². The predicted octanol–water partition coefficient (Wildman–Crippen LogP) is 6.20. The van der Waals surface area contributed by atoms with Crippen molar-refractivity contribution in [1.29, 1.82) is 0 Å². The summed E-state index contributed by atoms with van der Waals surface area (Å²) in [6.07, 6.45) is 0. The van der Waals surface area contributed by atoms with Crippen molar-refractivity contribution in [3.05, 3.63) is 96.1 Å². The first-order chi connectivity index (χ1) is 13.3. The van der Waals surface area contributed by atoms with Gasteiger partial charge in [-0.25, -0.2) is 0 Å². The van der Waals surface area contributed by atoms with E-state index in [4.69, 9.17) is 0 Å². The normalized spacial score (nSPS) is 12.5. The highest BCUT2D eigenvalue weighted by atomic mass is 16.1. The minimum absolute atomic E-state index is 0.112. The van der Waals surface area contributed by atoms with E-state index in [1.165, 1.54) is 11.1 Å². The first kappa shape index (κ1) is 14.5. The van der Waals surface area contributed by atoms with Gasteiger partial charge in [0, 0.05) is 21.9 Å². The van der Waals surface area contributed by atoms with Gasteiger partial charge in [0.25, 0.3) is 0 Å². The zero-order valence-electron chi connectivity index (χ0n) is 14.5. The second kappa shape index (κ2) is 5.18. The lowest BCUT2D eigenvalue weighted by atomic mass is 10.0. The lowest BCUT2D eigenvalue weighted by Gasteiger charge is -2.02. The Bertz CT molecular complexity index is 1380. The number of nitrogens with one attached hydrogen (secondary N) is 1. The molecule has 1 aliphatic carbocycles. The van der Waals surface area contributed by atoms with Gasteiger partial charge < -0.3 is 4.98 Å². The average molecular weight is 345 g/mol. The summed E-state index contributed by atoms with van der Waals surface area (Å²) in [5.41, 5.74) is 8.02. The van der Waals surface area contributed by atoms with E-state index in [0.29, 0.717) is 0 Å². The van der Waals surface area contributed by atoms with Crippen LogP contribution in [0.5, 0.6) is 0 Å². The van der Waals surface area contributed by atoms with Crippen molar-refractivity contribution < 1.29 is 4.79 Å². The molecule has 1 N–H and O–H groups in total. The van der Waals surface area contributed by atoms with Gasteiger partial charge in [-0.2, -0.15) is 0 Å². The predicted molar refractivity (Wildman–Crippen MR) is 110 cm³/mol. The van der Waals surface area contributed by atoms with E-state index in [9.17, 15) is 4.79 Å². The second-order valence-electron chi connectivity index (χ2n) is 7.04. The Balaban J connectivity index is 1.65. The third-order valence-electron chi connectivity index (χ3n) is 5.57. The van der Waals surface area contributed by atoms with Crippen molar-refractivity contribution in [3.63, 3.8) is 0 Å². The van der Waals surface area contributed by atoms with E-state index < -0.39 is 0 Å². The highest BCUT2D eigenvalue weighted by Gasteiger charge is 2.29. The molecule has 0 amide bonds. The van der Waals surface area contributed by atoms with E-state index in [2.05, 4.69) is 59.6 Å². The summed E-state index contributed by atoms with van der Waals surface area (Å²) < 4.78 is 0. The maximum atomic E-state index is 13.0. The van der Waals surface area contributed by atoms with Crippen molar-refractivity contribution in [3.8, 4) is 22.3 Å². The Morgan fingerprint density at radius 1 is 0.593 bits per heavy atom. The zero-order chi connectivity index (χ0) is 18.0. The van der Waals surface area contributed by atoms with E-state index in [1.54, 1.807) is 0 Å². The summed E-state index contributed by atoms with van der Waals surface area (Å²) in [5.74, 6) is 0.112. The minimum atomic E-state index is 0.112. The Labute approximate surface area is 156 Å². The van der Waals surface area contributed by atoms with Crippen LogP contribution >= 0.6 is 0 Å². The number of ketones is 1. The Hall–Kier alpha value is -3.65. The minimum Gasteiger partial charge on any atom is -0.354 e. The molecule has 0 aliphatic heterocycles. The smallest absolute Gasteiger partial charge is 0.196 e. The molecular formula is C25H15NO. The molecule has 1 aliphatic rings. The van der Waals surface area contributed by atoms with Crippen LogP contribution < -0.4 is 0 Å². The number of carbonyl (C=O) groups is 1. The molecule has 1 heterocycles. The molecule has 0 atom stereocenters. The fourth-order valence-corrected chi connectivity index (χ4v) is 4.29. The van der Waals surface area contributed by atoms with Gasteiger partial charge in [-0.3, -0.25) is 4.79 Å². The number of rotatable bonds is 1. The third-order valence-corrected chi connectivity index (χ3v) is 5.57. The molecule has 27 heavy (non-hydrogen) atoms. The van der Waals surface area contributed by atoms with Crippen LogP contribution in [-0.2, 0) is 0 Å². The highest BCUT2D eigenvalue weighted by Crippen LogP contribution is 2.42. The number of carbonyl (C=O) groups excluding carboxylic acids is 1. The van der Waals surface area contributed by atoms with Crippen LogP contribution in [0, 0.1) is 0 Å². The molecule has 126 valence electrons. The number of benzene rings is 4. The van der Waals surface area contributed by atoms with Crippen LogP contribution in [0.25, 0.3) is 44.1 Å². The Morgan fingerprint density at radius 3 is 2.22 bits per heavy atom. The maximum absolute atomic E-state index is 13.0. The van der Waals surface area contributed by atoms with E-state index in [0.717, 1.165) is 44.1 Å². The van der Waals surface area contributed by atoms with Crippen LogP contribution in [0.3, 0.4) is 0 Å². The van der Waals surface area contributed by atoms with E-state index in [1.807, 2.05) is 30.3 Å². The van der Waals surface area contributed by atoms with Gasteiger partial charge in [0.05, 0.1) is 11.1 Å². The van der Waals surface area contributed by atoms with Crippen LogP contribution in [0.1, 0.15) is 15.9 Å². The zero-order valence-corrected chi connectivity index (χ0v) is 14.5. The summed E-state index contributed by atoms with van der Waals surface area (Å²) in [4.78, 5) is 16.5. The number of fused-ring (bicyclic) bond motifs is 7. The number of aromatic nitrogens is 1. The maximum Gasteiger partial charge on any atom is 0.196 e. The van der Waals surface area contributed by atoms with Gasteiger partial charge >= 0.3 is 0 Å². The van der Waals surface area contributed by atoms with Gasteiger partial charge in [0.2, 0.25) is 0 Å². The number of aromatic amines is 1. The summed E-state index contributed by atoms with van der Waals surface area (Å²) in [6.45, 7) is 0. The molecule has 0 saturated carbocycles. The molecule has 0 fully saturated rings. The summed E-state index contributed by atoms with van der Waals surface area (Å²) in [6, 6.07) is 28.9. The molecule has 5 aromatic rings. The standard InChI is InChI=1S/C25H15NO/c27-25-20-9-5-4-8-17(20)18-11-12-19-21-14-16(15-6-2-1-3-7-15)10-13-22(21)26-24(19)23(18)25/h1-14,26H. The molecule has 0 unspecified atom stereocenters. The summed E-state index contributed by atoms with van der Waals surface area (Å²) in [7, 11) is 0. The Morgan fingerprint density at radius 2 is 1.37 bits per heavy atom. The SMILES string of the molecule is O=C1c2ccccc2-c2ccc3c([nH]c4ccc(-c5ccccc5)cc43)c21. The number of H-pyrrole nitrogens is 1. The monoisotopic (exact) mass is 345 g/mol. The molecule has 0 saturated heterocycles. The first-order valence-electron chi connectivity index (χ1n) is 9.09. The van der Waals surface area contributed by atoms with Crippen molar-refractivity contribution in [2.45, 2.75) is 0 Å². The molecule has 2 heteroatoms. The molecule has 1 aromatic heterocycles. The van der Waals surface area contributed by atoms with Gasteiger partial charge in [-0.15, -0.1) is 0 Å². The van der Waals surface area contributed by atoms with E-state index >= 15 is 0 Å². The first-order valence-corrected chi connectivity index (χ1v) is 9.09. The van der Waals surface area contributed by atoms with Crippen LogP contribution in [0.4, 0.5) is 0 Å². The molecule has 0 radical (unpaired) electrons. The second-order valence-corrected chi connectivity index (χ2v) is 7.04. The summed E-state index contributed by atoms with van der Waals surface area (Å²) >= 11 is 0. The van der Waals surface area contributed by atoms with Gasteiger partial charge in [0.15, 0.2) is 5.78 Å². The van der Waals surface area contributed by atoms with E-state index in [-0.39, 0.29) is 5.78 Å². The summed E-state index contributed by atoms with van der Waals surface area (Å²) in [5, 5.41) is 2.25. The van der Waals surface area contributed by atoms with Crippen LogP contribution in [-0.4, -0.2) is 10.8 Å². The van der Waals surface area contributed by atoms with Crippen LogP contribution in [0.15, 0.2) is 84.9 Å². The van der Waals surface area contributed by atoms with Gasteiger partial charge in [-0.1, -0.05) is 72.8 Å². The lowest BCUT2D eigenvalue weighted by Crippen LogP contribution is -1.95. The highest BCUT2D eigenvalue weighted by molar-refractivity contribution is 6.29. The van der Waals surface area contributed by atoms with Crippen molar-refractivity contribution >= 4 is 27.6 Å². The molecule has 4 aromatic carbocycles. The fourth-order valence-electron chi connectivity index (χ4n) is 4.29. The Kier molecular flexibility index (Phi) is 2.78. The van der Waals surface area contributed by atoms with Crippen molar-refractivity contribution in [2.24, 2.45) is 0 Å². The van der Waals surface area contributed by atoms with Gasteiger partial charge in [-0.05, 0) is 34.4 Å². The largest absolute Gasteiger partial charge is 0.354 e. The van der Waals surface area contributed by atoms with Crippen molar-refractivity contribution in [2.75, 3.05) is 0 Å². The third kappa shape index (κ3) is 1.92. The number of hydrogen-bond donors (Lipinski definition) is 1. The topological polar surface area (TPSA) is 32.9 Å². The molecular weight excluding hydrogens is 330 g/mol. The molecule has 0 bridgehead atoms. The van der Waals surface area contributed by atoms with Crippen LogP contribution in [0.2, 0.25) is 0 Å². The molecule has 6 rings (SSSR count). The quantitative estimate of drug-likeness (QED) is 0.378. The van der Waals surface area contributed by atoms with Gasteiger partial charge in [0.1, 0.15) is 0 Å².